The van der Waals surface area contributed by atoms with Crippen molar-refractivity contribution >= 4 is 17.2 Å². The molecule has 1 heterocycles. The Morgan fingerprint density at radius 1 is 1.19 bits per heavy atom. The summed E-state index contributed by atoms with van der Waals surface area (Å²) in [5.74, 6) is -0.150. The molecule has 1 aromatic carbocycles. The minimum Gasteiger partial charge on any atom is -0.351 e. The van der Waals surface area contributed by atoms with E-state index in [0.29, 0.717) is 6.54 Å². The highest BCUT2D eigenvalue weighted by Gasteiger charge is 2.43. The van der Waals surface area contributed by atoms with Gasteiger partial charge < -0.3 is 5.32 Å². The molecule has 21 heavy (non-hydrogen) atoms. The van der Waals surface area contributed by atoms with Crippen molar-refractivity contribution in [3.63, 3.8) is 0 Å². The molecule has 0 bridgehead atoms. The van der Waals surface area contributed by atoms with Crippen LogP contribution in [0, 0.1) is 5.82 Å². The van der Waals surface area contributed by atoms with Gasteiger partial charge in [0.1, 0.15) is 5.82 Å². The Kier molecular flexibility index (Phi) is 4.06. The van der Waals surface area contributed by atoms with Crippen LogP contribution in [-0.4, -0.2) is 5.91 Å². The number of benzene rings is 1. The standard InChI is InChI=1S/C17H18FNOS/c18-14-7-5-13(6-8-14)12-19-16(20)17(9-1-2-10-17)15-4-3-11-21-15/h3-8,11H,1-2,9-10,12H2,(H,19,20). The second kappa shape index (κ2) is 5.98. The van der Waals surface area contributed by atoms with Crippen LogP contribution in [0.25, 0.3) is 0 Å². The number of amides is 1. The average Bonchev–Trinajstić information content (AvgIpc) is 3.18. The van der Waals surface area contributed by atoms with Gasteiger partial charge in [-0.3, -0.25) is 4.79 Å². The smallest absolute Gasteiger partial charge is 0.231 e. The molecule has 0 unspecified atom stereocenters. The van der Waals surface area contributed by atoms with E-state index in [0.717, 1.165) is 36.1 Å². The summed E-state index contributed by atoms with van der Waals surface area (Å²) in [7, 11) is 0. The van der Waals surface area contributed by atoms with Crippen LogP contribution >= 0.6 is 11.3 Å². The van der Waals surface area contributed by atoms with E-state index in [1.807, 2.05) is 11.4 Å². The van der Waals surface area contributed by atoms with Crippen LogP contribution in [0.15, 0.2) is 41.8 Å². The third-order valence-corrected chi connectivity index (χ3v) is 5.32. The van der Waals surface area contributed by atoms with Crippen LogP contribution in [0.4, 0.5) is 4.39 Å². The van der Waals surface area contributed by atoms with Crippen LogP contribution in [0.1, 0.15) is 36.1 Å². The number of halogens is 1. The number of thiophene rings is 1. The Morgan fingerprint density at radius 2 is 1.90 bits per heavy atom. The third kappa shape index (κ3) is 2.86. The molecule has 1 fully saturated rings. The van der Waals surface area contributed by atoms with Gasteiger partial charge in [-0.2, -0.15) is 0 Å². The Balaban J connectivity index is 1.72. The lowest BCUT2D eigenvalue weighted by Crippen LogP contribution is -2.41. The fourth-order valence-electron chi connectivity index (χ4n) is 3.07. The maximum absolute atomic E-state index is 12.9. The molecular formula is C17H18FNOS. The molecule has 1 N–H and O–H groups in total. The van der Waals surface area contributed by atoms with Crippen molar-refractivity contribution in [2.24, 2.45) is 0 Å². The topological polar surface area (TPSA) is 29.1 Å². The molecule has 1 aliphatic carbocycles. The van der Waals surface area contributed by atoms with E-state index in [9.17, 15) is 9.18 Å². The number of carbonyl (C=O) groups excluding carboxylic acids is 1. The first-order valence-corrected chi connectivity index (χ1v) is 8.15. The van der Waals surface area contributed by atoms with E-state index in [1.165, 1.54) is 12.1 Å². The molecule has 0 atom stereocenters. The summed E-state index contributed by atoms with van der Waals surface area (Å²) < 4.78 is 12.9. The van der Waals surface area contributed by atoms with Gasteiger partial charge in [-0.05, 0) is 42.0 Å². The van der Waals surface area contributed by atoms with Gasteiger partial charge in [-0.25, -0.2) is 4.39 Å². The minimum atomic E-state index is -0.353. The van der Waals surface area contributed by atoms with Gasteiger partial charge >= 0.3 is 0 Å². The minimum absolute atomic E-state index is 0.103. The largest absolute Gasteiger partial charge is 0.351 e. The van der Waals surface area contributed by atoms with E-state index in [1.54, 1.807) is 23.5 Å². The first-order valence-electron chi connectivity index (χ1n) is 7.27. The number of hydrogen-bond acceptors (Lipinski definition) is 2. The fraction of sp³-hybridized carbons (Fsp3) is 0.353. The number of hydrogen-bond donors (Lipinski definition) is 1. The summed E-state index contributed by atoms with van der Waals surface area (Å²) >= 11 is 1.66. The predicted molar refractivity (Wildman–Crippen MR) is 82.7 cm³/mol. The maximum atomic E-state index is 12.9. The summed E-state index contributed by atoms with van der Waals surface area (Å²) in [6, 6.07) is 10.3. The quantitative estimate of drug-likeness (QED) is 0.908. The zero-order valence-corrected chi connectivity index (χ0v) is 12.6. The molecule has 110 valence electrons. The molecule has 4 heteroatoms. The van der Waals surface area contributed by atoms with Crippen molar-refractivity contribution in [1.29, 1.82) is 0 Å². The van der Waals surface area contributed by atoms with Gasteiger partial charge in [0, 0.05) is 11.4 Å². The van der Waals surface area contributed by atoms with Gasteiger partial charge in [0.25, 0.3) is 0 Å². The molecule has 1 saturated carbocycles. The molecule has 0 aliphatic heterocycles. The molecule has 0 spiro atoms. The lowest BCUT2D eigenvalue weighted by molar-refractivity contribution is -0.126. The Bertz CT molecular complexity index is 600. The molecule has 0 radical (unpaired) electrons. The maximum Gasteiger partial charge on any atom is 0.231 e. The number of carbonyl (C=O) groups is 1. The van der Waals surface area contributed by atoms with E-state index >= 15 is 0 Å². The summed E-state index contributed by atoms with van der Waals surface area (Å²) in [5, 5.41) is 5.07. The van der Waals surface area contributed by atoms with Gasteiger partial charge in [0.2, 0.25) is 5.91 Å². The average molecular weight is 303 g/mol. The summed E-state index contributed by atoms with van der Waals surface area (Å²) in [6.45, 7) is 0.451. The Morgan fingerprint density at radius 3 is 2.52 bits per heavy atom. The van der Waals surface area contributed by atoms with Crippen molar-refractivity contribution in [1.82, 2.24) is 5.32 Å². The van der Waals surface area contributed by atoms with Crippen LogP contribution in [-0.2, 0) is 16.8 Å². The van der Waals surface area contributed by atoms with Crippen LogP contribution < -0.4 is 5.32 Å². The highest BCUT2D eigenvalue weighted by molar-refractivity contribution is 7.10. The number of nitrogens with one attached hydrogen (secondary N) is 1. The Hall–Kier alpha value is -1.68. The highest BCUT2D eigenvalue weighted by atomic mass is 32.1. The predicted octanol–water partition coefficient (Wildman–Crippen LogP) is 4.02. The van der Waals surface area contributed by atoms with Crippen LogP contribution in [0.2, 0.25) is 0 Å². The highest BCUT2D eigenvalue weighted by Crippen LogP contribution is 2.43. The zero-order valence-electron chi connectivity index (χ0n) is 11.8. The van der Waals surface area contributed by atoms with E-state index in [-0.39, 0.29) is 17.1 Å². The molecule has 0 saturated heterocycles. The molecular weight excluding hydrogens is 285 g/mol. The van der Waals surface area contributed by atoms with Crippen molar-refractivity contribution in [3.8, 4) is 0 Å². The third-order valence-electron chi connectivity index (χ3n) is 4.25. The van der Waals surface area contributed by atoms with Gasteiger partial charge in [0.05, 0.1) is 5.41 Å². The summed E-state index contributed by atoms with van der Waals surface area (Å²) in [5.41, 5.74) is 0.567. The zero-order chi connectivity index (χ0) is 14.7. The number of rotatable bonds is 4. The molecule has 2 aromatic rings. The van der Waals surface area contributed by atoms with Gasteiger partial charge in [-0.15, -0.1) is 11.3 Å². The normalized spacial score (nSPS) is 16.8. The monoisotopic (exact) mass is 303 g/mol. The van der Waals surface area contributed by atoms with Crippen LogP contribution in [0.5, 0.6) is 0 Å². The van der Waals surface area contributed by atoms with E-state index < -0.39 is 0 Å². The fourth-order valence-corrected chi connectivity index (χ4v) is 4.05. The summed E-state index contributed by atoms with van der Waals surface area (Å²) in [4.78, 5) is 13.9. The van der Waals surface area contributed by atoms with Crippen molar-refractivity contribution < 1.29 is 9.18 Å². The van der Waals surface area contributed by atoms with Gasteiger partial charge in [-0.1, -0.05) is 31.0 Å². The molecule has 1 aromatic heterocycles. The molecule has 3 rings (SSSR count). The van der Waals surface area contributed by atoms with Crippen molar-refractivity contribution in [2.45, 2.75) is 37.6 Å². The van der Waals surface area contributed by atoms with Gasteiger partial charge in [0.15, 0.2) is 0 Å². The second-order valence-corrected chi connectivity index (χ2v) is 6.52. The SMILES string of the molecule is O=C(NCc1ccc(F)cc1)C1(c2cccs2)CCCC1. The first kappa shape index (κ1) is 14.3. The van der Waals surface area contributed by atoms with Crippen LogP contribution in [0.3, 0.4) is 0 Å². The summed E-state index contributed by atoms with van der Waals surface area (Å²) in [6.07, 6.45) is 4.04. The first-order chi connectivity index (χ1) is 10.2. The van der Waals surface area contributed by atoms with E-state index in [2.05, 4.69) is 11.4 Å². The molecule has 1 aliphatic rings. The molecule has 1 amide bonds. The lowest BCUT2D eigenvalue weighted by Gasteiger charge is -2.26. The lowest BCUT2D eigenvalue weighted by atomic mass is 9.83. The van der Waals surface area contributed by atoms with Crippen molar-refractivity contribution in [2.75, 3.05) is 0 Å². The molecule has 2 nitrogen and oxygen atoms in total. The van der Waals surface area contributed by atoms with Crippen molar-refractivity contribution in [3.05, 3.63) is 58.0 Å². The Labute approximate surface area is 128 Å². The van der Waals surface area contributed by atoms with E-state index in [4.69, 9.17) is 0 Å². The second-order valence-electron chi connectivity index (χ2n) is 5.58.